The third-order valence-electron chi connectivity index (χ3n) is 3.68. The molecule has 0 aliphatic carbocycles. The van der Waals surface area contributed by atoms with Crippen molar-refractivity contribution in [2.45, 2.75) is 39.3 Å². The van der Waals surface area contributed by atoms with Crippen LogP contribution in [0.15, 0.2) is 12.1 Å². The van der Waals surface area contributed by atoms with Crippen molar-refractivity contribution in [1.29, 1.82) is 0 Å². The molecule has 1 fully saturated rings. The Kier molecular flexibility index (Phi) is 4.55. The Balaban J connectivity index is 1.83. The molecule has 0 bridgehead atoms. The molecule has 0 saturated carbocycles. The number of piperidine rings is 1. The fraction of sp³-hybridized carbons (Fsp3) is 0.643. The fourth-order valence-electron chi connectivity index (χ4n) is 2.43. The molecule has 1 aromatic heterocycles. The minimum Gasteiger partial charge on any atom is -0.506 e. The van der Waals surface area contributed by atoms with Gasteiger partial charge < -0.3 is 15.3 Å². The van der Waals surface area contributed by atoms with Crippen LogP contribution in [-0.2, 0) is 6.54 Å². The summed E-state index contributed by atoms with van der Waals surface area (Å²) in [5.41, 5.74) is 1.71. The SMILES string of the molecule is CCN1CCC(NCc2nc(C)ccc2O)CC1. The number of rotatable bonds is 4. The second-order valence-corrected chi connectivity index (χ2v) is 5.01. The molecule has 4 heteroatoms. The Morgan fingerprint density at radius 2 is 2.11 bits per heavy atom. The van der Waals surface area contributed by atoms with Gasteiger partial charge in [0.2, 0.25) is 0 Å². The van der Waals surface area contributed by atoms with Gasteiger partial charge in [-0.2, -0.15) is 0 Å². The molecule has 4 nitrogen and oxygen atoms in total. The van der Waals surface area contributed by atoms with Gasteiger partial charge in [0.15, 0.2) is 0 Å². The molecule has 1 aliphatic heterocycles. The largest absolute Gasteiger partial charge is 0.506 e. The summed E-state index contributed by atoms with van der Waals surface area (Å²) in [6.45, 7) is 8.30. The lowest BCUT2D eigenvalue weighted by atomic mass is 10.1. The molecule has 100 valence electrons. The Morgan fingerprint density at radius 1 is 1.39 bits per heavy atom. The second-order valence-electron chi connectivity index (χ2n) is 5.01. The van der Waals surface area contributed by atoms with Gasteiger partial charge in [-0.3, -0.25) is 4.98 Å². The summed E-state index contributed by atoms with van der Waals surface area (Å²) in [7, 11) is 0. The molecule has 2 rings (SSSR count). The van der Waals surface area contributed by atoms with E-state index in [1.807, 2.05) is 13.0 Å². The minimum absolute atomic E-state index is 0.291. The predicted molar refractivity (Wildman–Crippen MR) is 72.6 cm³/mol. The van der Waals surface area contributed by atoms with Gasteiger partial charge in [0.05, 0.1) is 5.69 Å². The summed E-state index contributed by atoms with van der Waals surface area (Å²) in [5.74, 6) is 0.291. The van der Waals surface area contributed by atoms with Crippen LogP contribution in [0.5, 0.6) is 5.75 Å². The maximum absolute atomic E-state index is 9.73. The Hall–Kier alpha value is -1.13. The molecular weight excluding hydrogens is 226 g/mol. The van der Waals surface area contributed by atoms with Crippen molar-refractivity contribution < 1.29 is 5.11 Å². The molecule has 0 amide bonds. The third-order valence-corrected chi connectivity index (χ3v) is 3.68. The molecule has 0 atom stereocenters. The van der Waals surface area contributed by atoms with E-state index in [0.29, 0.717) is 18.3 Å². The van der Waals surface area contributed by atoms with Crippen LogP contribution in [0.3, 0.4) is 0 Å². The molecule has 1 aromatic rings. The Labute approximate surface area is 109 Å². The van der Waals surface area contributed by atoms with Gasteiger partial charge in [0.25, 0.3) is 0 Å². The standard InChI is InChI=1S/C14H23N3O/c1-3-17-8-6-12(7-9-17)15-10-13-14(18)5-4-11(2)16-13/h4-5,12,15,18H,3,6-10H2,1-2H3. The molecule has 0 radical (unpaired) electrons. The highest BCUT2D eigenvalue weighted by Crippen LogP contribution is 2.16. The fourth-order valence-corrected chi connectivity index (χ4v) is 2.43. The van der Waals surface area contributed by atoms with Crippen molar-refractivity contribution in [3.8, 4) is 5.75 Å². The Bertz CT molecular complexity index is 387. The van der Waals surface area contributed by atoms with Crippen LogP contribution in [0, 0.1) is 6.92 Å². The summed E-state index contributed by atoms with van der Waals surface area (Å²) in [5, 5.41) is 13.2. The van der Waals surface area contributed by atoms with Crippen LogP contribution in [0.4, 0.5) is 0 Å². The van der Waals surface area contributed by atoms with E-state index in [-0.39, 0.29) is 0 Å². The summed E-state index contributed by atoms with van der Waals surface area (Å²) in [4.78, 5) is 6.84. The van der Waals surface area contributed by atoms with Crippen molar-refractivity contribution in [2.75, 3.05) is 19.6 Å². The summed E-state index contributed by atoms with van der Waals surface area (Å²) < 4.78 is 0. The molecular formula is C14H23N3O. The molecule has 0 unspecified atom stereocenters. The quantitative estimate of drug-likeness (QED) is 0.852. The van der Waals surface area contributed by atoms with Gasteiger partial charge in [-0.25, -0.2) is 0 Å². The number of aromatic hydroxyl groups is 1. The van der Waals surface area contributed by atoms with Gasteiger partial charge in [0.1, 0.15) is 5.75 Å². The van der Waals surface area contributed by atoms with Crippen LogP contribution in [0.25, 0.3) is 0 Å². The molecule has 2 N–H and O–H groups in total. The molecule has 0 spiro atoms. The summed E-state index contributed by atoms with van der Waals surface area (Å²) >= 11 is 0. The maximum Gasteiger partial charge on any atom is 0.138 e. The van der Waals surface area contributed by atoms with Crippen molar-refractivity contribution >= 4 is 0 Å². The van der Waals surface area contributed by atoms with Gasteiger partial charge >= 0.3 is 0 Å². The van der Waals surface area contributed by atoms with E-state index < -0.39 is 0 Å². The second kappa shape index (κ2) is 6.16. The predicted octanol–water partition coefficient (Wildman–Crippen LogP) is 1.67. The normalized spacial score (nSPS) is 18.1. The van der Waals surface area contributed by atoms with Crippen LogP contribution < -0.4 is 5.32 Å². The van der Waals surface area contributed by atoms with E-state index in [1.54, 1.807) is 6.07 Å². The first-order valence-electron chi connectivity index (χ1n) is 6.80. The molecule has 0 aromatic carbocycles. The number of nitrogens with zero attached hydrogens (tertiary/aromatic N) is 2. The molecule has 18 heavy (non-hydrogen) atoms. The van der Waals surface area contributed by atoms with E-state index in [0.717, 1.165) is 17.9 Å². The van der Waals surface area contributed by atoms with E-state index in [1.165, 1.54) is 25.9 Å². The molecule has 1 aliphatic rings. The highest BCUT2D eigenvalue weighted by molar-refractivity contribution is 5.27. The lowest BCUT2D eigenvalue weighted by molar-refractivity contribution is 0.205. The number of hydrogen-bond acceptors (Lipinski definition) is 4. The van der Waals surface area contributed by atoms with E-state index in [2.05, 4.69) is 22.1 Å². The number of likely N-dealkylation sites (tertiary alicyclic amines) is 1. The Morgan fingerprint density at radius 3 is 2.78 bits per heavy atom. The first kappa shape index (κ1) is 13.3. The van der Waals surface area contributed by atoms with E-state index in [9.17, 15) is 5.11 Å². The number of pyridine rings is 1. The highest BCUT2D eigenvalue weighted by atomic mass is 16.3. The van der Waals surface area contributed by atoms with Gasteiger partial charge in [-0.15, -0.1) is 0 Å². The third kappa shape index (κ3) is 3.43. The summed E-state index contributed by atoms with van der Waals surface area (Å²) in [6, 6.07) is 4.10. The number of aromatic nitrogens is 1. The monoisotopic (exact) mass is 249 g/mol. The van der Waals surface area contributed by atoms with E-state index in [4.69, 9.17) is 0 Å². The maximum atomic E-state index is 9.73. The molecule has 1 saturated heterocycles. The number of aryl methyl sites for hydroxylation is 1. The van der Waals surface area contributed by atoms with Gasteiger partial charge in [-0.05, 0) is 51.5 Å². The average Bonchev–Trinajstić information content (AvgIpc) is 2.40. The zero-order valence-corrected chi connectivity index (χ0v) is 11.3. The van der Waals surface area contributed by atoms with Gasteiger partial charge in [-0.1, -0.05) is 6.92 Å². The topological polar surface area (TPSA) is 48.4 Å². The van der Waals surface area contributed by atoms with Crippen molar-refractivity contribution in [3.05, 3.63) is 23.5 Å². The number of hydrogen-bond donors (Lipinski definition) is 2. The number of nitrogens with one attached hydrogen (secondary N) is 1. The highest BCUT2D eigenvalue weighted by Gasteiger charge is 2.17. The van der Waals surface area contributed by atoms with Crippen LogP contribution in [-0.4, -0.2) is 40.7 Å². The van der Waals surface area contributed by atoms with Crippen LogP contribution >= 0.6 is 0 Å². The summed E-state index contributed by atoms with van der Waals surface area (Å²) in [6.07, 6.45) is 2.36. The smallest absolute Gasteiger partial charge is 0.138 e. The first-order chi connectivity index (χ1) is 8.69. The van der Waals surface area contributed by atoms with Crippen LogP contribution in [0.2, 0.25) is 0 Å². The lowest BCUT2D eigenvalue weighted by Crippen LogP contribution is -2.42. The first-order valence-corrected chi connectivity index (χ1v) is 6.80. The lowest BCUT2D eigenvalue weighted by Gasteiger charge is -2.31. The van der Waals surface area contributed by atoms with Crippen LogP contribution in [0.1, 0.15) is 31.2 Å². The minimum atomic E-state index is 0.291. The molecule has 2 heterocycles. The van der Waals surface area contributed by atoms with Crippen molar-refractivity contribution in [3.63, 3.8) is 0 Å². The zero-order valence-electron chi connectivity index (χ0n) is 11.3. The van der Waals surface area contributed by atoms with E-state index >= 15 is 0 Å². The average molecular weight is 249 g/mol. The van der Waals surface area contributed by atoms with Gasteiger partial charge in [0, 0.05) is 18.3 Å². The zero-order chi connectivity index (χ0) is 13.0. The van der Waals surface area contributed by atoms with Crippen molar-refractivity contribution in [1.82, 2.24) is 15.2 Å². The van der Waals surface area contributed by atoms with Crippen molar-refractivity contribution in [2.24, 2.45) is 0 Å².